The quantitative estimate of drug-likeness (QED) is 0.173. The molecular formula is C20H42N8O3S2+2. The number of hydrogen-bond donors (Lipinski definition) is 8. The highest BCUT2D eigenvalue weighted by atomic mass is 32.3. The van der Waals surface area contributed by atoms with Crippen molar-refractivity contribution in [2.75, 3.05) is 19.8 Å². The number of sulfonamides is 1. The lowest BCUT2D eigenvalue weighted by molar-refractivity contribution is -0.488. The fraction of sp³-hybridized carbons (Fsp3) is 1.00. The zero-order chi connectivity index (χ0) is 23.2. The largest absolute Gasteiger partial charge is 0.361 e. The normalized spacial score (nSPS) is 48.0. The molecule has 0 aromatic carbocycles. The molecule has 33 heavy (non-hydrogen) atoms. The molecule has 3 saturated heterocycles. The molecule has 190 valence electrons. The summed E-state index contributed by atoms with van der Waals surface area (Å²) in [6.07, 6.45) is 6.26. The molecule has 0 aromatic rings. The van der Waals surface area contributed by atoms with Crippen LogP contribution in [-0.2, 0) is 14.8 Å². The van der Waals surface area contributed by atoms with E-state index in [-0.39, 0.29) is 30.0 Å². The van der Waals surface area contributed by atoms with E-state index in [1.165, 1.54) is 31.0 Å². The van der Waals surface area contributed by atoms with Gasteiger partial charge in [-0.25, -0.2) is 13.6 Å². The minimum atomic E-state index is -3.47. The predicted octanol–water partition coefficient (Wildman–Crippen LogP) is -3.59. The summed E-state index contributed by atoms with van der Waals surface area (Å²) in [5.74, 6) is 2.01. The molecule has 0 spiro atoms. The summed E-state index contributed by atoms with van der Waals surface area (Å²) in [4.78, 5) is 0. The third-order valence-electron chi connectivity index (χ3n) is 8.33. The fourth-order valence-electron chi connectivity index (χ4n) is 6.78. The molecule has 13 N–H and O–H groups in total. The molecule has 0 radical (unpaired) electrons. The molecule has 2 aliphatic carbocycles. The molecule has 2 saturated carbocycles. The zero-order valence-corrected chi connectivity index (χ0v) is 20.9. The number of fused-ring (bicyclic) bond motifs is 2. The molecule has 5 aliphatic rings. The average Bonchev–Trinajstić information content (AvgIpc) is 3.50. The molecule has 3 heterocycles. The lowest BCUT2D eigenvalue weighted by Crippen LogP contribution is -2.75. The first kappa shape index (κ1) is 24.6. The number of rotatable bonds is 7. The first-order chi connectivity index (χ1) is 15.8. The van der Waals surface area contributed by atoms with Crippen molar-refractivity contribution in [2.45, 2.75) is 85.2 Å². The highest BCUT2D eigenvalue weighted by Crippen LogP contribution is 2.42. The van der Waals surface area contributed by atoms with Crippen molar-refractivity contribution in [1.29, 1.82) is 0 Å². The first-order valence-electron chi connectivity index (χ1n) is 12.4. The standard InChI is InChI=1S/C20H40N8O3S2/c21-13-3-1-11-5-10(6-14(22)16(11)13)8-31-19-17-18(26-9-25-17)27-20(28-19)24-7-12-2-4-15(32-12)33(23,29)30/h10-20,24-28H,1-9,21-22H2,(H2,23,29,30)/p+2/t10-,11+,12?,13-,14-,15?,16-,17?,18?,19?,20?/m1/s1. The van der Waals surface area contributed by atoms with Crippen molar-refractivity contribution in [2.24, 2.45) is 22.9 Å². The van der Waals surface area contributed by atoms with Crippen LogP contribution in [0.15, 0.2) is 0 Å². The van der Waals surface area contributed by atoms with Crippen molar-refractivity contribution < 1.29 is 24.6 Å². The summed E-state index contributed by atoms with van der Waals surface area (Å²) in [5, 5.41) is 23.1. The van der Waals surface area contributed by atoms with Crippen LogP contribution in [0.3, 0.4) is 0 Å². The van der Waals surface area contributed by atoms with Crippen LogP contribution in [0.4, 0.5) is 0 Å². The number of ether oxygens (including phenoxy) is 1. The van der Waals surface area contributed by atoms with Gasteiger partial charge in [-0.05, 0) is 37.5 Å². The number of hydrogen-bond acceptors (Lipinski definition) is 9. The highest BCUT2D eigenvalue weighted by molar-refractivity contribution is 8.13. The van der Waals surface area contributed by atoms with E-state index in [2.05, 4.69) is 38.1 Å². The van der Waals surface area contributed by atoms with Gasteiger partial charge in [0.25, 0.3) is 0 Å². The van der Waals surface area contributed by atoms with E-state index >= 15 is 0 Å². The highest BCUT2D eigenvalue weighted by Gasteiger charge is 2.48. The van der Waals surface area contributed by atoms with Gasteiger partial charge in [0.1, 0.15) is 17.1 Å². The van der Waals surface area contributed by atoms with Gasteiger partial charge in [0.2, 0.25) is 10.0 Å². The van der Waals surface area contributed by atoms with E-state index in [1.54, 1.807) is 0 Å². The molecule has 5 fully saturated rings. The van der Waals surface area contributed by atoms with Crippen LogP contribution >= 0.6 is 11.8 Å². The molecule has 5 rings (SSSR count). The average molecular weight is 507 g/mol. The van der Waals surface area contributed by atoms with Crippen molar-refractivity contribution in [3.63, 3.8) is 0 Å². The summed E-state index contributed by atoms with van der Waals surface area (Å²) in [6.45, 7) is 2.20. The van der Waals surface area contributed by atoms with Gasteiger partial charge in [-0.15, -0.1) is 11.8 Å². The Balaban J connectivity index is 1.12. The van der Waals surface area contributed by atoms with Crippen LogP contribution in [0.25, 0.3) is 0 Å². The number of thioether (sulfide) groups is 1. The van der Waals surface area contributed by atoms with E-state index in [4.69, 9.17) is 9.88 Å². The molecule has 6 unspecified atom stereocenters. The van der Waals surface area contributed by atoms with Gasteiger partial charge in [-0.3, -0.25) is 26.6 Å². The smallest absolute Gasteiger partial charge is 0.221 e. The first-order valence-corrected chi connectivity index (χ1v) is 15.0. The van der Waals surface area contributed by atoms with Crippen LogP contribution in [0.5, 0.6) is 0 Å². The minimum absolute atomic E-state index is 0.109. The lowest BCUT2D eigenvalue weighted by atomic mass is 9.72. The Morgan fingerprint density at radius 2 is 1.91 bits per heavy atom. The lowest BCUT2D eigenvalue weighted by Gasteiger charge is -2.42. The summed E-state index contributed by atoms with van der Waals surface area (Å²) >= 11 is 1.46. The zero-order valence-electron chi connectivity index (χ0n) is 19.2. The maximum atomic E-state index is 11.6. The van der Waals surface area contributed by atoms with E-state index in [0.29, 0.717) is 36.9 Å². The maximum Gasteiger partial charge on any atom is 0.221 e. The van der Waals surface area contributed by atoms with Crippen molar-refractivity contribution >= 4 is 21.8 Å². The van der Waals surface area contributed by atoms with E-state index in [1.807, 2.05) is 0 Å². The third-order valence-corrected chi connectivity index (χ3v) is 11.8. The van der Waals surface area contributed by atoms with Crippen molar-refractivity contribution in [3.8, 4) is 0 Å². The molecule has 3 aliphatic heterocycles. The van der Waals surface area contributed by atoms with Gasteiger partial charge in [-0.2, -0.15) is 0 Å². The molecule has 0 aromatic heterocycles. The molecule has 11 nitrogen and oxygen atoms in total. The Kier molecular flexibility index (Phi) is 7.56. The van der Waals surface area contributed by atoms with E-state index in [0.717, 1.165) is 32.0 Å². The number of nitrogens with one attached hydrogen (secondary N) is 5. The Labute approximate surface area is 200 Å². The Bertz CT molecular complexity index is 791. The molecular weight excluding hydrogens is 464 g/mol. The molecule has 0 amide bonds. The second-order valence-corrected chi connectivity index (χ2v) is 14.2. The van der Waals surface area contributed by atoms with Crippen LogP contribution in [0.2, 0.25) is 0 Å². The summed E-state index contributed by atoms with van der Waals surface area (Å²) < 4.78 is 29.3. The number of primary sulfonamides is 1. The Morgan fingerprint density at radius 1 is 1.06 bits per heavy atom. The van der Waals surface area contributed by atoms with Crippen LogP contribution in [-0.4, -0.2) is 74.9 Å². The Morgan fingerprint density at radius 3 is 2.70 bits per heavy atom. The number of nitrogens with two attached hydrogens (primary N) is 1. The third kappa shape index (κ3) is 5.53. The monoisotopic (exact) mass is 506 g/mol. The predicted molar refractivity (Wildman–Crippen MR) is 126 cm³/mol. The minimum Gasteiger partial charge on any atom is -0.361 e. The Hall–Kier alpha value is -0.0600. The van der Waals surface area contributed by atoms with Crippen LogP contribution < -0.4 is 43.2 Å². The van der Waals surface area contributed by atoms with Gasteiger partial charge < -0.3 is 16.2 Å². The fourth-order valence-corrected chi connectivity index (χ4v) is 9.50. The van der Waals surface area contributed by atoms with E-state index < -0.39 is 14.6 Å². The van der Waals surface area contributed by atoms with Crippen molar-refractivity contribution in [3.05, 3.63) is 0 Å². The van der Waals surface area contributed by atoms with Gasteiger partial charge in [0, 0.05) is 31.3 Å². The second kappa shape index (κ2) is 10.1. The SMILES string of the molecule is NS(=O)(=O)C1CCC(CNC2NC3NCNC3C(OC[C@@H]3C[C@@H]4CC[C@@H]([NH3+])[C@@H]4[C@H]([NH3+])C3)N2)S1. The summed E-state index contributed by atoms with van der Waals surface area (Å²) in [5.41, 5.74) is 8.86. The molecule has 11 atom stereocenters. The summed E-state index contributed by atoms with van der Waals surface area (Å²) in [6, 6.07) is 1.21. The molecule has 13 heteroatoms. The summed E-state index contributed by atoms with van der Waals surface area (Å²) in [7, 11) is -3.47. The van der Waals surface area contributed by atoms with Gasteiger partial charge in [0.05, 0.1) is 36.8 Å². The maximum absolute atomic E-state index is 11.6. The topological polar surface area (TPSA) is 185 Å². The van der Waals surface area contributed by atoms with Gasteiger partial charge in [-0.1, -0.05) is 0 Å². The van der Waals surface area contributed by atoms with Gasteiger partial charge >= 0.3 is 0 Å². The number of quaternary nitrogens is 2. The van der Waals surface area contributed by atoms with Gasteiger partial charge in [0.15, 0.2) is 0 Å². The van der Waals surface area contributed by atoms with Crippen molar-refractivity contribution in [1.82, 2.24) is 26.6 Å². The van der Waals surface area contributed by atoms with Crippen LogP contribution in [0, 0.1) is 17.8 Å². The molecule has 0 bridgehead atoms. The second-order valence-electron chi connectivity index (χ2n) is 10.6. The van der Waals surface area contributed by atoms with E-state index in [9.17, 15) is 8.42 Å². The van der Waals surface area contributed by atoms with Crippen LogP contribution in [0.1, 0.15) is 38.5 Å².